The Kier molecular flexibility index (Phi) is 5.83. The van der Waals surface area contributed by atoms with Crippen LogP contribution in [0.25, 0.3) is 0 Å². The van der Waals surface area contributed by atoms with E-state index in [1.54, 1.807) is 11.3 Å². The van der Waals surface area contributed by atoms with Crippen molar-refractivity contribution >= 4 is 23.2 Å². The molecule has 5 nitrogen and oxygen atoms in total. The van der Waals surface area contributed by atoms with Crippen LogP contribution in [0, 0.1) is 5.92 Å². The average Bonchev–Trinajstić information content (AvgIpc) is 3.11. The summed E-state index contributed by atoms with van der Waals surface area (Å²) in [6.45, 7) is 7.70. The molecule has 1 aromatic heterocycles. The van der Waals surface area contributed by atoms with Crippen molar-refractivity contribution in [2.24, 2.45) is 5.92 Å². The Bertz CT molecular complexity index is 688. The number of piperidine rings is 1. The fraction of sp³-hybridized carbons (Fsp3) is 0.714. The van der Waals surface area contributed by atoms with Gasteiger partial charge in [-0.1, -0.05) is 6.92 Å². The quantitative estimate of drug-likeness (QED) is 0.798. The summed E-state index contributed by atoms with van der Waals surface area (Å²) >= 11 is 1.76. The molecule has 0 aromatic carbocycles. The summed E-state index contributed by atoms with van der Waals surface area (Å²) in [7, 11) is 0. The van der Waals surface area contributed by atoms with Crippen molar-refractivity contribution < 1.29 is 9.59 Å². The number of carbonyl (C=O) groups is 2. The van der Waals surface area contributed by atoms with Crippen molar-refractivity contribution in [1.82, 2.24) is 14.7 Å². The van der Waals surface area contributed by atoms with Crippen LogP contribution in [-0.4, -0.2) is 72.3 Å². The second-order valence-electron chi connectivity index (χ2n) is 8.41. The molecule has 4 rings (SSSR count). The molecule has 1 atom stereocenters. The Hall–Kier alpha value is -1.40. The molecule has 2 saturated heterocycles. The van der Waals surface area contributed by atoms with E-state index in [9.17, 15) is 9.59 Å². The van der Waals surface area contributed by atoms with Crippen LogP contribution < -0.4 is 0 Å². The molecule has 148 valence electrons. The topological polar surface area (TPSA) is 43.9 Å². The Morgan fingerprint density at radius 1 is 1.04 bits per heavy atom. The van der Waals surface area contributed by atoms with E-state index in [0.717, 1.165) is 76.4 Å². The Labute approximate surface area is 166 Å². The normalized spacial score (nSPS) is 24.0. The smallest absolute Gasteiger partial charge is 0.255 e. The van der Waals surface area contributed by atoms with Crippen LogP contribution in [0.1, 0.15) is 53.4 Å². The van der Waals surface area contributed by atoms with Gasteiger partial charge in [0.05, 0.1) is 12.1 Å². The maximum atomic E-state index is 13.0. The average molecular weight is 390 g/mol. The molecule has 0 saturated carbocycles. The fourth-order valence-corrected chi connectivity index (χ4v) is 5.81. The highest BCUT2D eigenvalue weighted by Crippen LogP contribution is 2.33. The summed E-state index contributed by atoms with van der Waals surface area (Å²) < 4.78 is 0. The van der Waals surface area contributed by atoms with Crippen molar-refractivity contribution in [2.75, 3.05) is 45.8 Å². The minimum absolute atomic E-state index is 0.198. The number of piperazine rings is 1. The number of amides is 2. The van der Waals surface area contributed by atoms with E-state index in [1.807, 2.05) is 9.80 Å². The van der Waals surface area contributed by atoms with Crippen LogP contribution in [0.5, 0.6) is 0 Å². The second-order valence-corrected chi connectivity index (χ2v) is 9.37. The first kappa shape index (κ1) is 18.9. The third kappa shape index (κ3) is 4.21. The van der Waals surface area contributed by atoms with Gasteiger partial charge in [-0.05, 0) is 50.0 Å². The van der Waals surface area contributed by atoms with Crippen molar-refractivity contribution in [3.63, 3.8) is 0 Å². The summed E-state index contributed by atoms with van der Waals surface area (Å²) in [6.07, 6.45) is 6.88. The fourth-order valence-electron chi connectivity index (χ4n) is 4.57. The maximum absolute atomic E-state index is 13.0. The first-order valence-corrected chi connectivity index (χ1v) is 11.4. The van der Waals surface area contributed by atoms with E-state index in [1.165, 1.54) is 23.3 Å². The third-order valence-electron chi connectivity index (χ3n) is 6.36. The molecule has 3 aliphatic rings. The summed E-state index contributed by atoms with van der Waals surface area (Å²) in [6, 6.07) is 0. The molecule has 3 heterocycles. The molecular formula is C21H31N3O2S. The Morgan fingerprint density at radius 3 is 2.52 bits per heavy atom. The lowest BCUT2D eigenvalue weighted by molar-refractivity contribution is -0.133. The molecule has 2 amide bonds. The lowest BCUT2D eigenvalue weighted by atomic mass is 9.88. The van der Waals surface area contributed by atoms with Crippen molar-refractivity contribution in [3.05, 3.63) is 21.4 Å². The lowest BCUT2D eigenvalue weighted by Crippen LogP contribution is -2.52. The van der Waals surface area contributed by atoms with Crippen molar-refractivity contribution in [3.8, 4) is 0 Å². The maximum Gasteiger partial charge on any atom is 0.255 e. The number of thiophene rings is 1. The minimum Gasteiger partial charge on any atom is -0.342 e. The summed E-state index contributed by atoms with van der Waals surface area (Å²) in [4.78, 5) is 33.1. The standard InChI is InChI=1S/C21H31N3O2S/c1-16-5-6-17-18(15-27-19(17)13-16)21(26)24-11-9-22(10-12-24)14-20(25)23-7-3-2-4-8-23/h15-16H,2-14H2,1H3. The number of fused-ring (bicyclic) bond motifs is 1. The zero-order valence-electron chi connectivity index (χ0n) is 16.4. The number of carbonyl (C=O) groups excluding carboxylic acids is 2. The largest absolute Gasteiger partial charge is 0.342 e. The predicted octanol–water partition coefficient (Wildman–Crippen LogP) is 2.64. The second kappa shape index (κ2) is 8.31. The number of rotatable bonds is 3. The van der Waals surface area contributed by atoms with Crippen LogP contribution in [0.2, 0.25) is 0 Å². The molecule has 1 unspecified atom stereocenters. The molecular weight excluding hydrogens is 358 g/mol. The molecule has 0 bridgehead atoms. The first-order chi connectivity index (χ1) is 13.1. The zero-order chi connectivity index (χ0) is 18.8. The van der Waals surface area contributed by atoms with Crippen LogP contribution in [0.3, 0.4) is 0 Å². The van der Waals surface area contributed by atoms with Gasteiger partial charge in [0.15, 0.2) is 0 Å². The Morgan fingerprint density at radius 2 is 1.78 bits per heavy atom. The number of hydrogen-bond acceptors (Lipinski definition) is 4. The summed E-state index contributed by atoms with van der Waals surface area (Å²) in [5.74, 6) is 1.19. The van der Waals surface area contributed by atoms with Crippen molar-refractivity contribution in [1.29, 1.82) is 0 Å². The van der Waals surface area contributed by atoms with Crippen LogP contribution in [-0.2, 0) is 17.6 Å². The van der Waals surface area contributed by atoms with Gasteiger partial charge in [-0.25, -0.2) is 0 Å². The SMILES string of the molecule is CC1CCc2c(C(=O)N3CCN(CC(=O)N4CCCCC4)CC3)csc2C1. The first-order valence-electron chi connectivity index (χ1n) is 10.5. The van der Waals surface area contributed by atoms with Gasteiger partial charge in [-0.2, -0.15) is 0 Å². The molecule has 2 aliphatic heterocycles. The summed E-state index contributed by atoms with van der Waals surface area (Å²) in [5, 5.41) is 2.08. The summed E-state index contributed by atoms with van der Waals surface area (Å²) in [5.41, 5.74) is 2.26. The zero-order valence-corrected chi connectivity index (χ0v) is 17.2. The molecule has 6 heteroatoms. The molecule has 2 fully saturated rings. The molecule has 27 heavy (non-hydrogen) atoms. The highest BCUT2D eigenvalue weighted by atomic mass is 32.1. The monoisotopic (exact) mass is 389 g/mol. The third-order valence-corrected chi connectivity index (χ3v) is 7.41. The van der Waals surface area contributed by atoms with E-state index >= 15 is 0 Å². The van der Waals surface area contributed by atoms with Gasteiger partial charge in [-0.15, -0.1) is 11.3 Å². The number of nitrogens with zero attached hydrogens (tertiary/aromatic N) is 3. The number of hydrogen-bond donors (Lipinski definition) is 0. The van der Waals surface area contributed by atoms with Gasteiger partial charge in [0.2, 0.25) is 5.91 Å². The molecule has 1 aliphatic carbocycles. The van der Waals surface area contributed by atoms with Crippen LogP contribution >= 0.6 is 11.3 Å². The van der Waals surface area contributed by atoms with Gasteiger partial charge in [0.25, 0.3) is 5.91 Å². The predicted molar refractivity (Wildman–Crippen MR) is 108 cm³/mol. The Balaban J connectivity index is 1.30. The van der Waals surface area contributed by atoms with E-state index in [0.29, 0.717) is 6.54 Å². The highest BCUT2D eigenvalue weighted by molar-refractivity contribution is 7.10. The van der Waals surface area contributed by atoms with E-state index in [4.69, 9.17) is 0 Å². The van der Waals surface area contributed by atoms with Crippen LogP contribution in [0.15, 0.2) is 5.38 Å². The molecule has 1 aromatic rings. The van der Waals surface area contributed by atoms with E-state index < -0.39 is 0 Å². The minimum atomic E-state index is 0.198. The van der Waals surface area contributed by atoms with Crippen LogP contribution in [0.4, 0.5) is 0 Å². The van der Waals surface area contributed by atoms with Gasteiger partial charge < -0.3 is 9.80 Å². The van der Waals surface area contributed by atoms with E-state index in [-0.39, 0.29) is 11.8 Å². The van der Waals surface area contributed by atoms with E-state index in [2.05, 4.69) is 17.2 Å². The van der Waals surface area contributed by atoms with Gasteiger partial charge in [-0.3, -0.25) is 14.5 Å². The molecule has 0 radical (unpaired) electrons. The van der Waals surface area contributed by atoms with Gasteiger partial charge >= 0.3 is 0 Å². The van der Waals surface area contributed by atoms with Gasteiger partial charge in [0.1, 0.15) is 0 Å². The van der Waals surface area contributed by atoms with Gasteiger partial charge in [0, 0.05) is 49.5 Å². The lowest BCUT2D eigenvalue weighted by Gasteiger charge is -2.36. The molecule has 0 N–H and O–H groups in total. The molecule has 0 spiro atoms. The van der Waals surface area contributed by atoms with Crippen molar-refractivity contribution in [2.45, 2.75) is 45.4 Å². The highest BCUT2D eigenvalue weighted by Gasteiger charge is 2.29. The number of likely N-dealkylation sites (tertiary alicyclic amines) is 1.